The number of carboxylic acid groups (broad SMARTS) is 1. The van der Waals surface area contributed by atoms with Gasteiger partial charge in [-0.25, -0.2) is 4.79 Å². The minimum absolute atomic E-state index is 0.299. The second-order valence-corrected chi connectivity index (χ2v) is 2.25. The highest BCUT2D eigenvalue weighted by Crippen LogP contribution is 2.01. The van der Waals surface area contributed by atoms with Crippen molar-refractivity contribution >= 4 is 11.8 Å². The number of rotatable bonds is 5. The number of carboxylic acids is 1. The van der Waals surface area contributed by atoms with Gasteiger partial charge >= 0.3 is 5.97 Å². The molecule has 0 saturated carbocycles. The number of hydrogen-bond donors (Lipinski definition) is 3. The molecule has 0 amide bonds. The van der Waals surface area contributed by atoms with Crippen LogP contribution in [0.1, 0.15) is 6.42 Å². The highest BCUT2D eigenvalue weighted by atomic mass is 16.4. The van der Waals surface area contributed by atoms with E-state index in [1.807, 2.05) is 0 Å². The number of aliphatic carboxylic acids is 1. The van der Waals surface area contributed by atoms with Crippen molar-refractivity contribution in [1.82, 2.24) is 0 Å². The molecule has 12 heavy (non-hydrogen) atoms. The van der Waals surface area contributed by atoms with Crippen LogP contribution in [0.4, 0.5) is 0 Å². The van der Waals surface area contributed by atoms with Gasteiger partial charge in [-0.3, -0.25) is 4.79 Å². The quantitative estimate of drug-likeness (QED) is 0.462. The van der Waals surface area contributed by atoms with Crippen LogP contribution in [-0.2, 0) is 9.59 Å². The van der Waals surface area contributed by atoms with E-state index in [1.54, 1.807) is 0 Å². The van der Waals surface area contributed by atoms with E-state index >= 15 is 0 Å². The summed E-state index contributed by atoms with van der Waals surface area (Å²) in [6.07, 6.45) is -1.96. The zero-order valence-corrected chi connectivity index (χ0v) is 6.36. The lowest BCUT2D eigenvalue weighted by Crippen LogP contribution is -2.25. The van der Waals surface area contributed by atoms with Gasteiger partial charge in [-0.2, -0.15) is 0 Å². The lowest BCUT2D eigenvalue weighted by molar-refractivity contribution is -0.135. The summed E-state index contributed by atoms with van der Waals surface area (Å²) in [6.45, 7) is 2.40. The van der Waals surface area contributed by atoms with E-state index in [4.69, 9.17) is 15.3 Å². The van der Waals surface area contributed by atoms with Gasteiger partial charge in [0.05, 0.1) is 6.61 Å². The third-order valence-electron chi connectivity index (χ3n) is 1.23. The Morgan fingerprint density at radius 1 is 1.42 bits per heavy atom. The van der Waals surface area contributed by atoms with Crippen molar-refractivity contribution in [3.8, 4) is 0 Å². The molecule has 0 aromatic carbocycles. The van der Waals surface area contributed by atoms with Crippen LogP contribution < -0.4 is 0 Å². The summed E-state index contributed by atoms with van der Waals surface area (Å²) in [5.74, 6) is -2.03. The average Bonchev–Trinajstić information content (AvgIpc) is 2.02. The number of hydrogen-bond acceptors (Lipinski definition) is 4. The summed E-state index contributed by atoms with van der Waals surface area (Å²) < 4.78 is 0. The first-order valence-electron chi connectivity index (χ1n) is 3.21. The molecular formula is C7H10O5. The molecule has 0 spiro atoms. The zero-order chi connectivity index (χ0) is 9.72. The third kappa shape index (κ3) is 3.27. The fourth-order valence-electron chi connectivity index (χ4n) is 0.506. The molecule has 0 aromatic rings. The van der Waals surface area contributed by atoms with E-state index in [1.165, 1.54) is 0 Å². The summed E-state index contributed by atoms with van der Waals surface area (Å²) in [7, 11) is 0. The predicted octanol–water partition coefficient (Wildman–Crippen LogP) is -1.06. The van der Waals surface area contributed by atoms with E-state index in [9.17, 15) is 9.59 Å². The molecule has 5 nitrogen and oxygen atoms in total. The number of carbonyl (C=O) groups is 2. The molecule has 1 unspecified atom stereocenters. The third-order valence-corrected chi connectivity index (χ3v) is 1.23. The monoisotopic (exact) mass is 174 g/mol. The largest absolute Gasteiger partial charge is 0.478 e. The molecule has 0 radical (unpaired) electrons. The lowest BCUT2D eigenvalue weighted by atomic mass is 10.1. The summed E-state index contributed by atoms with van der Waals surface area (Å²) in [5, 5.41) is 25.3. The van der Waals surface area contributed by atoms with E-state index in [0.717, 1.165) is 0 Å². The Morgan fingerprint density at radius 2 is 1.92 bits per heavy atom. The first-order valence-corrected chi connectivity index (χ1v) is 3.21. The van der Waals surface area contributed by atoms with Crippen molar-refractivity contribution in [1.29, 1.82) is 0 Å². The molecular weight excluding hydrogens is 164 g/mol. The van der Waals surface area contributed by atoms with Crippen LogP contribution in [0.5, 0.6) is 0 Å². The maximum absolute atomic E-state index is 10.8. The maximum Gasteiger partial charge on any atom is 0.331 e. The topological polar surface area (TPSA) is 94.8 Å². The molecule has 68 valence electrons. The van der Waals surface area contributed by atoms with Crippen LogP contribution >= 0.6 is 0 Å². The van der Waals surface area contributed by atoms with Gasteiger partial charge in [0.15, 0.2) is 5.78 Å². The highest BCUT2D eigenvalue weighted by Gasteiger charge is 2.17. The molecule has 0 aromatic heterocycles. The van der Waals surface area contributed by atoms with Crippen LogP contribution in [0, 0.1) is 0 Å². The number of ketones is 1. The molecule has 5 heteroatoms. The minimum atomic E-state index is -1.51. The first-order chi connectivity index (χ1) is 5.49. The molecule has 0 aliphatic rings. The molecule has 1 atom stereocenters. The van der Waals surface area contributed by atoms with E-state index in [0.29, 0.717) is 0 Å². The molecule has 0 aliphatic carbocycles. The smallest absolute Gasteiger partial charge is 0.331 e. The van der Waals surface area contributed by atoms with E-state index in [-0.39, 0.29) is 5.57 Å². The molecule has 0 heterocycles. The fourth-order valence-corrected chi connectivity index (χ4v) is 0.506. The van der Waals surface area contributed by atoms with Gasteiger partial charge in [-0.1, -0.05) is 6.58 Å². The van der Waals surface area contributed by atoms with Gasteiger partial charge < -0.3 is 15.3 Å². The van der Waals surface area contributed by atoms with Crippen molar-refractivity contribution in [2.24, 2.45) is 0 Å². The number of carbonyl (C=O) groups excluding carboxylic acids is 1. The maximum atomic E-state index is 10.8. The molecule has 0 saturated heterocycles. The van der Waals surface area contributed by atoms with Crippen LogP contribution in [0.15, 0.2) is 12.2 Å². The normalized spacial score (nSPS) is 12.2. The minimum Gasteiger partial charge on any atom is -0.478 e. The van der Waals surface area contributed by atoms with Crippen molar-refractivity contribution in [2.45, 2.75) is 12.5 Å². The molecule has 0 bridgehead atoms. The van der Waals surface area contributed by atoms with Gasteiger partial charge in [-0.05, 0) is 0 Å². The summed E-state index contributed by atoms with van der Waals surface area (Å²) >= 11 is 0. The standard InChI is InChI=1S/C7H10O5/c1-4(7(11)12)2-5(9)6(10)3-8/h6,8,10H,1-3H2,(H,11,12). The molecule has 3 N–H and O–H groups in total. The first kappa shape index (κ1) is 10.8. The second-order valence-electron chi connectivity index (χ2n) is 2.25. The molecule has 0 aliphatic heterocycles. The fraction of sp³-hybridized carbons (Fsp3) is 0.429. The Labute approximate surface area is 68.9 Å². The summed E-state index contributed by atoms with van der Waals surface area (Å²) in [5.41, 5.74) is -0.299. The van der Waals surface area contributed by atoms with E-state index < -0.39 is 30.9 Å². The number of aliphatic hydroxyl groups excluding tert-OH is 2. The lowest BCUT2D eigenvalue weighted by Gasteiger charge is -2.04. The predicted molar refractivity (Wildman–Crippen MR) is 39.5 cm³/mol. The van der Waals surface area contributed by atoms with Crippen molar-refractivity contribution in [3.05, 3.63) is 12.2 Å². The second kappa shape index (κ2) is 4.63. The van der Waals surface area contributed by atoms with Gasteiger partial charge in [0.25, 0.3) is 0 Å². The zero-order valence-electron chi connectivity index (χ0n) is 6.36. The summed E-state index contributed by atoms with van der Waals surface area (Å²) in [4.78, 5) is 20.9. The Morgan fingerprint density at radius 3 is 2.25 bits per heavy atom. The van der Waals surface area contributed by atoms with Gasteiger partial charge in [0.1, 0.15) is 6.10 Å². The van der Waals surface area contributed by atoms with Gasteiger partial charge in [-0.15, -0.1) is 0 Å². The Hall–Kier alpha value is -1.20. The SMILES string of the molecule is C=C(CC(=O)C(O)CO)C(=O)O. The molecule has 0 rings (SSSR count). The van der Waals surface area contributed by atoms with Crippen LogP contribution in [-0.4, -0.2) is 39.8 Å². The van der Waals surface area contributed by atoms with Crippen molar-refractivity contribution in [3.63, 3.8) is 0 Å². The van der Waals surface area contributed by atoms with Gasteiger partial charge in [0.2, 0.25) is 0 Å². The van der Waals surface area contributed by atoms with Gasteiger partial charge in [0, 0.05) is 12.0 Å². The Balaban J connectivity index is 4.01. The van der Waals surface area contributed by atoms with Crippen LogP contribution in [0.2, 0.25) is 0 Å². The van der Waals surface area contributed by atoms with Crippen molar-refractivity contribution < 1.29 is 24.9 Å². The molecule has 0 fully saturated rings. The Bertz CT molecular complexity index is 208. The summed E-state index contributed by atoms with van der Waals surface area (Å²) in [6, 6.07) is 0. The van der Waals surface area contributed by atoms with Crippen molar-refractivity contribution in [2.75, 3.05) is 6.61 Å². The average molecular weight is 174 g/mol. The highest BCUT2D eigenvalue weighted by molar-refractivity contribution is 5.95. The van der Waals surface area contributed by atoms with E-state index in [2.05, 4.69) is 6.58 Å². The number of aliphatic hydroxyl groups is 2. The Kier molecular flexibility index (Phi) is 4.17. The van der Waals surface area contributed by atoms with Crippen LogP contribution in [0.25, 0.3) is 0 Å². The number of Topliss-reactive ketones (excluding diaryl/α,β-unsaturated/α-hetero) is 1. The van der Waals surface area contributed by atoms with Crippen LogP contribution in [0.3, 0.4) is 0 Å².